The summed E-state index contributed by atoms with van der Waals surface area (Å²) in [6.45, 7) is 9.72. The van der Waals surface area contributed by atoms with E-state index in [0.29, 0.717) is 25.2 Å². The molecule has 0 unspecified atom stereocenters. The van der Waals surface area contributed by atoms with Crippen LogP contribution in [0.1, 0.15) is 44.2 Å². The zero-order chi connectivity index (χ0) is 15.4. The second-order valence-electron chi connectivity index (χ2n) is 6.49. The lowest BCUT2D eigenvalue weighted by atomic mass is 9.97. The van der Waals surface area contributed by atoms with E-state index in [4.69, 9.17) is 4.74 Å². The number of likely N-dealkylation sites (tertiary alicyclic amines) is 1. The molecule has 1 N–H and O–H groups in total. The van der Waals surface area contributed by atoms with Crippen molar-refractivity contribution in [2.45, 2.75) is 65.1 Å². The minimum atomic E-state index is -0.437. The molecular weight excluding hydrogens is 262 g/mol. The molecule has 1 heterocycles. The van der Waals surface area contributed by atoms with Gasteiger partial charge in [-0.2, -0.15) is 0 Å². The molecule has 3 atom stereocenters. The van der Waals surface area contributed by atoms with Crippen LogP contribution in [0.5, 0.6) is 5.75 Å². The SMILES string of the molecule is Cc1cccc(OC[C@H](O)CN2[C@@H](C)CCC[C@@H]2C)c1C. The molecule has 1 aromatic rings. The van der Waals surface area contributed by atoms with Gasteiger partial charge in [-0.1, -0.05) is 18.6 Å². The molecule has 1 aliphatic rings. The first-order chi connectivity index (χ1) is 9.99. The predicted octanol–water partition coefficient (Wildman–Crippen LogP) is 3.31. The van der Waals surface area contributed by atoms with Gasteiger partial charge in [-0.3, -0.25) is 4.90 Å². The molecule has 118 valence electrons. The summed E-state index contributed by atoms with van der Waals surface area (Å²) in [5, 5.41) is 10.3. The molecule has 1 saturated heterocycles. The topological polar surface area (TPSA) is 32.7 Å². The lowest BCUT2D eigenvalue weighted by Gasteiger charge is -2.40. The van der Waals surface area contributed by atoms with Gasteiger partial charge in [0.1, 0.15) is 18.5 Å². The Kier molecular flexibility index (Phi) is 5.65. The van der Waals surface area contributed by atoms with E-state index in [9.17, 15) is 5.11 Å². The Bertz CT molecular complexity index is 451. The molecule has 0 bridgehead atoms. The standard InChI is InChI=1S/C18H29NO2/c1-13-7-5-10-18(16(13)4)21-12-17(20)11-19-14(2)8-6-9-15(19)3/h5,7,10,14-15,17,20H,6,8-9,11-12H2,1-4H3/t14-,15-,17+/m0/s1. The van der Waals surface area contributed by atoms with Gasteiger partial charge in [0.15, 0.2) is 0 Å². The number of aliphatic hydroxyl groups is 1. The summed E-state index contributed by atoms with van der Waals surface area (Å²) in [6.07, 6.45) is 3.32. The Morgan fingerprint density at radius 2 is 1.90 bits per heavy atom. The van der Waals surface area contributed by atoms with Gasteiger partial charge in [-0.25, -0.2) is 0 Å². The molecule has 3 heteroatoms. The van der Waals surface area contributed by atoms with Crippen molar-refractivity contribution in [2.75, 3.05) is 13.2 Å². The average molecular weight is 291 g/mol. The normalized spacial score (nSPS) is 24.8. The van der Waals surface area contributed by atoms with Crippen LogP contribution in [0.4, 0.5) is 0 Å². The summed E-state index contributed by atoms with van der Waals surface area (Å²) < 4.78 is 5.81. The Morgan fingerprint density at radius 1 is 1.24 bits per heavy atom. The van der Waals surface area contributed by atoms with Gasteiger partial charge in [0, 0.05) is 18.6 Å². The van der Waals surface area contributed by atoms with Crippen molar-refractivity contribution in [3.05, 3.63) is 29.3 Å². The summed E-state index contributed by atoms with van der Waals surface area (Å²) in [7, 11) is 0. The maximum absolute atomic E-state index is 10.3. The second-order valence-corrected chi connectivity index (χ2v) is 6.49. The fraction of sp³-hybridized carbons (Fsp3) is 0.667. The smallest absolute Gasteiger partial charge is 0.122 e. The first-order valence-electron chi connectivity index (χ1n) is 8.12. The fourth-order valence-corrected chi connectivity index (χ4v) is 3.20. The Hall–Kier alpha value is -1.06. The van der Waals surface area contributed by atoms with Crippen LogP contribution in [0.3, 0.4) is 0 Å². The molecule has 0 radical (unpaired) electrons. The molecule has 21 heavy (non-hydrogen) atoms. The van der Waals surface area contributed by atoms with Crippen LogP contribution in [0.25, 0.3) is 0 Å². The van der Waals surface area contributed by atoms with Gasteiger partial charge in [0.05, 0.1) is 0 Å². The third kappa shape index (κ3) is 4.21. The largest absolute Gasteiger partial charge is 0.491 e. The number of rotatable bonds is 5. The Balaban J connectivity index is 1.87. The van der Waals surface area contributed by atoms with E-state index in [1.165, 1.54) is 24.8 Å². The van der Waals surface area contributed by atoms with Gasteiger partial charge >= 0.3 is 0 Å². The number of piperidine rings is 1. The summed E-state index contributed by atoms with van der Waals surface area (Å²) in [6, 6.07) is 7.17. The average Bonchev–Trinajstić information content (AvgIpc) is 2.45. The van der Waals surface area contributed by atoms with Gasteiger partial charge in [0.2, 0.25) is 0 Å². The van der Waals surface area contributed by atoms with Crippen molar-refractivity contribution in [1.82, 2.24) is 4.90 Å². The van der Waals surface area contributed by atoms with Crippen LogP contribution < -0.4 is 4.74 Å². The minimum Gasteiger partial charge on any atom is -0.491 e. The maximum Gasteiger partial charge on any atom is 0.122 e. The number of hydrogen-bond acceptors (Lipinski definition) is 3. The van der Waals surface area contributed by atoms with Crippen molar-refractivity contribution in [1.29, 1.82) is 0 Å². The Morgan fingerprint density at radius 3 is 2.57 bits per heavy atom. The summed E-state index contributed by atoms with van der Waals surface area (Å²) >= 11 is 0. The minimum absolute atomic E-state index is 0.361. The highest BCUT2D eigenvalue weighted by Gasteiger charge is 2.26. The Labute approximate surface area is 128 Å². The number of nitrogens with zero attached hydrogens (tertiary/aromatic N) is 1. The first-order valence-corrected chi connectivity index (χ1v) is 8.12. The van der Waals surface area contributed by atoms with Gasteiger partial charge < -0.3 is 9.84 Å². The zero-order valence-electron chi connectivity index (χ0n) is 13.8. The lowest BCUT2D eigenvalue weighted by Crippen LogP contribution is -2.48. The van der Waals surface area contributed by atoms with E-state index in [1.807, 2.05) is 12.1 Å². The number of benzene rings is 1. The van der Waals surface area contributed by atoms with E-state index in [0.717, 1.165) is 11.3 Å². The number of hydrogen-bond donors (Lipinski definition) is 1. The van der Waals surface area contributed by atoms with Crippen LogP contribution >= 0.6 is 0 Å². The molecule has 3 nitrogen and oxygen atoms in total. The maximum atomic E-state index is 10.3. The molecule has 1 fully saturated rings. The molecule has 1 aromatic carbocycles. The van der Waals surface area contributed by atoms with Crippen molar-refractivity contribution < 1.29 is 9.84 Å². The molecule has 0 saturated carbocycles. The summed E-state index contributed by atoms with van der Waals surface area (Å²) in [5.74, 6) is 0.883. The van der Waals surface area contributed by atoms with Crippen LogP contribution in [0.2, 0.25) is 0 Å². The predicted molar refractivity (Wildman–Crippen MR) is 86.9 cm³/mol. The van der Waals surface area contributed by atoms with E-state index in [2.05, 4.69) is 38.7 Å². The van der Waals surface area contributed by atoms with E-state index in [-0.39, 0.29) is 0 Å². The van der Waals surface area contributed by atoms with Crippen LogP contribution in [0, 0.1) is 13.8 Å². The van der Waals surface area contributed by atoms with E-state index in [1.54, 1.807) is 0 Å². The van der Waals surface area contributed by atoms with Crippen molar-refractivity contribution in [3.8, 4) is 5.75 Å². The third-order valence-electron chi connectivity index (χ3n) is 4.78. The number of β-amino-alcohol motifs (C(OH)–C–C–N with tert-alkyl or cyclic N) is 1. The first kappa shape index (κ1) is 16.3. The number of ether oxygens (including phenoxy) is 1. The number of aliphatic hydroxyl groups excluding tert-OH is 1. The summed E-state index contributed by atoms with van der Waals surface area (Å²) in [5.41, 5.74) is 2.38. The van der Waals surface area contributed by atoms with Gasteiger partial charge in [-0.05, 0) is 57.7 Å². The van der Waals surface area contributed by atoms with Crippen LogP contribution in [0.15, 0.2) is 18.2 Å². The van der Waals surface area contributed by atoms with Crippen molar-refractivity contribution >= 4 is 0 Å². The molecule has 1 aliphatic heterocycles. The third-order valence-corrected chi connectivity index (χ3v) is 4.78. The van der Waals surface area contributed by atoms with Crippen molar-refractivity contribution in [3.63, 3.8) is 0 Å². The van der Waals surface area contributed by atoms with Crippen molar-refractivity contribution in [2.24, 2.45) is 0 Å². The second kappa shape index (κ2) is 7.28. The van der Waals surface area contributed by atoms with E-state index < -0.39 is 6.10 Å². The van der Waals surface area contributed by atoms with Crippen LogP contribution in [-0.4, -0.2) is 41.3 Å². The molecule has 0 aromatic heterocycles. The number of aryl methyl sites for hydroxylation is 1. The quantitative estimate of drug-likeness (QED) is 0.903. The van der Waals surface area contributed by atoms with E-state index >= 15 is 0 Å². The van der Waals surface area contributed by atoms with Crippen LogP contribution in [-0.2, 0) is 0 Å². The molecule has 0 amide bonds. The van der Waals surface area contributed by atoms with Gasteiger partial charge in [-0.15, -0.1) is 0 Å². The highest BCUT2D eigenvalue weighted by molar-refractivity contribution is 5.38. The van der Waals surface area contributed by atoms with Gasteiger partial charge in [0.25, 0.3) is 0 Å². The molecule has 0 aliphatic carbocycles. The molecular formula is C18H29NO2. The molecule has 2 rings (SSSR count). The highest BCUT2D eigenvalue weighted by atomic mass is 16.5. The molecule has 0 spiro atoms. The monoisotopic (exact) mass is 291 g/mol. The summed E-state index contributed by atoms with van der Waals surface area (Å²) in [4.78, 5) is 2.42. The highest BCUT2D eigenvalue weighted by Crippen LogP contribution is 2.23. The lowest BCUT2D eigenvalue weighted by molar-refractivity contribution is 0.0207. The fourth-order valence-electron chi connectivity index (χ4n) is 3.20. The zero-order valence-corrected chi connectivity index (χ0v) is 13.8.